The zero-order valence-corrected chi connectivity index (χ0v) is 16.2. The maximum absolute atomic E-state index is 12.9. The fourth-order valence-electron chi connectivity index (χ4n) is 3.42. The Morgan fingerprint density at radius 3 is 2.56 bits per heavy atom. The zero-order chi connectivity index (χ0) is 17.8. The number of aryl methyl sites for hydroxylation is 1. The van der Waals surface area contributed by atoms with Gasteiger partial charge in [0.15, 0.2) is 0 Å². The van der Waals surface area contributed by atoms with Crippen LogP contribution in [0.2, 0.25) is 0 Å². The molecule has 5 heteroatoms. The van der Waals surface area contributed by atoms with E-state index in [9.17, 15) is 4.79 Å². The highest BCUT2D eigenvalue weighted by atomic mass is 32.1. The molecule has 1 aliphatic heterocycles. The van der Waals surface area contributed by atoms with Crippen molar-refractivity contribution in [2.45, 2.75) is 32.7 Å². The van der Waals surface area contributed by atoms with Crippen LogP contribution >= 0.6 is 11.3 Å². The molecule has 0 atom stereocenters. The summed E-state index contributed by atoms with van der Waals surface area (Å²) in [7, 11) is 4.05. The Balaban J connectivity index is 1.57. The number of likely N-dealkylation sites (tertiary alicyclic amines) is 1. The van der Waals surface area contributed by atoms with E-state index in [1.807, 2.05) is 25.9 Å². The highest BCUT2D eigenvalue weighted by Crippen LogP contribution is 2.26. The molecule has 0 saturated carbocycles. The van der Waals surface area contributed by atoms with E-state index in [1.165, 1.54) is 5.56 Å². The van der Waals surface area contributed by atoms with Crippen molar-refractivity contribution < 1.29 is 4.79 Å². The van der Waals surface area contributed by atoms with E-state index in [0.29, 0.717) is 5.92 Å². The first-order valence-corrected chi connectivity index (χ1v) is 9.79. The maximum Gasteiger partial charge on any atom is 0.265 e. The molecule has 2 aromatic rings. The Kier molecular flexibility index (Phi) is 5.86. The maximum atomic E-state index is 12.9. The summed E-state index contributed by atoms with van der Waals surface area (Å²) in [5.41, 5.74) is 2.28. The van der Waals surface area contributed by atoms with Gasteiger partial charge in [0.25, 0.3) is 5.91 Å². The lowest BCUT2D eigenvalue weighted by atomic mass is 9.90. The van der Waals surface area contributed by atoms with Gasteiger partial charge < -0.3 is 9.80 Å². The number of benzene rings is 1. The lowest BCUT2D eigenvalue weighted by Gasteiger charge is -2.32. The third kappa shape index (κ3) is 4.67. The minimum Gasteiger partial charge on any atom is -0.338 e. The van der Waals surface area contributed by atoms with E-state index in [4.69, 9.17) is 0 Å². The van der Waals surface area contributed by atoms with Crippen LogP contribution in [-0.4, -0.2) is 47.9 Å². The molecular formula is C20H27N3OS. The van der Waals surface area contributed by atoms with E-state index in [-0.39, 0.29) is 5.91 Å². The molecule has 0 spiro atoms. The highest BCUT2D eigenvalue weighted by Gasteiger charge is 2.26. The number of piperidine rings is 1. The van der Waals surface area contributed by atoms with Gasteiger partial charge in [0.1, 0.15) is 9.88 Å². The monoisotopic (exact) mass is 357 g/mol. The molecule has 1 aromatic heterocycles. The zero-order valence-electron chi connectivity index (χ0n) is 15.4. The molecule has 1 aliphatic rings. The van der Waals surface area contributed by atoms with Crippen LogP contribution in [0.3, 0.4) is 0 Å². The first-order valence-electron chi connectivity index (χ1n) is 8.97. The molecule has 0 bridgehead atoms. The van der Waals surface area contributed by atoms with Crippen LogP contribution in [0, 0.1) is 12.8 Å². The number of amides is 1. The number of aromatic nitrogens is 1. The van der Waals surface area contributed by atoms with Crippen molar-refractivity contribution in [3.63, 3.8) is 0 Å². The minimum absolute atomic E-state index is 0.165. The molecule has 3 rings (SSSR count). The van der Waals surface area contributed by atoms with Crippen LogP contribution in [0.5, 0.6) is 0 Å². The van der Waals surface area contributed by atoms with Gasteiger partial charge in [-0.05, 0) is 51.8 Å². The lowest BCUT2D eigenvalue weighted by Crippen LogP contribution is -2.38. The van der Waals surface area contributed by atoms with Crippen LogP contribution in [-0.2, 0) is 13.0 Å². The Morgan fingerprint density at radius 1 is 1.24 bits per heavy atom. The van der Waals surface area contributed by atoms with Crippen LogP contribution in [0.4, 0.5) is 0 Å². The summed E-state index contributed by atoms with van der Waals surface area (Å²) in [6, 6.07) is 10.7. The van der Waals surface area contributed by atoms with Crippen molar-refractivity contribution >= 4 is 17.2 Å². The first-order chi connectivity index (χ1) is 12.0. The molecule has 0 aliphatic carbocycles. The van der Waals surface area contributed by atoms with Crippen molar-refractivity contribution in [2.75, 3.05) is 27.2 Å². The van der Waals surface area contributed by atoms with Crippen LogP contribution in [0.25, 0.3) is 0 Å². The Bertz CT molecular complexity index is 703. The van der Waals surface area contributed by atoms with Gasteiger partial charge in [-0.1, -0.05) is 30.3 Å². The van der Waals surface area contributed by atoms with Crippen molar-refractivity contribution in [2.24, 2.45) is 5.92 Å². The van der Waals surface area contributed by atoms with Crippen molar-refractivity contribution in [1.29, 1.82) is 0 Å². The number of hydrogen-bond donors (Lipinski definition) is 0. The largest absolute Gasteiger partial charge is 0.338 e. The van der Waals surface area contributed by atoms with E-state index in [1.54, 1.807) is 11.3 Å². The second-order valence-electron chi connectivity index (χ2n) is 7.19. The van der Waals surface area contributed by atoms with E-state index in [0.717, 1.165) is 54.5 Å². The van der Waals surface area contributed by atoms with E-state index in [2.05, 4.69) is 40.2 Å². The van der Waals surface area contributed by atoms with E-state index >= 15 is 0 Å². The normalized spacial score (nSPS) is 15.8. The summed E-state index contributed by atoms with van der Waals surface area (Å²) in [4.78, 5) is 22.4. The number of carbonyl (C=O) groups excluding carboxylic acids is 1. The fraction of sp³-hybridized carbons (Fsp3) is 0.500. The van der Waals surface area contributed by atoms with Crippen molar-refractivity contribution in [3.8, 4) is 0 Å². The quantitative estimate of drug-likeness (QED) is 0.820. The van der Waals surface area contributed by atoms with Gasteiger partial charge in [-0.3, -0.25) is 4.79 Å². The second kappa shape index (κ2) is 8.11. The van der Waals surface area contributed by atoms with Crippen LogP contribution in [0.1, 0.15) is 38.8 Å². The third-order valence-corrected chi connectivity index (χ3v) is 5.89. The number of rotatable bonds is 5. The van der Waals surface area contributed by atoms with Crippen LogP contribution < -0.4 is 0 Å². The van der Waals surface area contributed by atoms with Gasteiger partial charge >= 0.3 is 0 Å². The molecule has 0 N–H and O–H groups in total. The molecule has 4 nitrogen and oxygen atoms in total. The molecule has 1 saturated heterocycles. The lowest BCUT2D eigenvalue weighted by molar-refractivity contribution is 0.0694. The standard InChI is InChI=1S/C20H27N3OS/c1-15-19(25-18(21-15)14-22(2)3)20(24)23-11-9-17(10-12-23)13-16-7-5-4-6-8-16/h4-8,17H,9-14H2,1-3H3. The average Bonchev–Trinajstić information content (AvgIpc) is 2.95. The Morgan fingerprint density at radius 2 is 1.92 bits per heavy atom. The first kappa shape index (κ1) is 18.1. The SMILES string of the molecule is Cc1nc(CN(C)C)sc1C(=O)N1CCC(Cc2ccccc2)CC1. The number of hydrogen-bond acceptors (Lipinski definition) is 4. The molecule has 25 heavy (non-hydrogen) atoms. The molecule has 0 unspecified atom stereocenters. The van der Waals surface area contributed by atoms with Crippen molar-refractivity contribution in [1.82, 2.24) is 14.8 Å². The van der Waals surface area contributed by atoms with Gasteiger partial charge in [0, 0.05) is 19.6 Å². The number of nitrogens with zero attached hydrogens (tertiary/aromatic N) is 3. The van der Waals surface area contributed by atoms with Gasteiger partial charge in [0.05, 0.1) is 5.69 Å². The topological polar surface area (TPSA) is 36.4 Å². The summed E-state index contributed by atoms with van der Waals surface area (Å²) >= 11 is 1.55. The predicted octanol–water partition coefficient (Wildman–Crippen LogP) is 3.61. The number of carbonyl (C=O) groups is 1. The van der Waals surface area contributed by atoms with Crippen LogP contribution in [0.15, 0.2) is 30.3 Å². The molecule has 1 aromatic carbocycles. The minimum atomic E-state index is 0.165. The summed E-state index contributed by atoms with van der Waals surface area (Å²) in [5, 5.41) is 1.02. The summed E-state index contributed by atoms with van der Waals surface area (Å²) < 4.78 is 0. The molecule has 134 valence electrons. The molecule has 2 heterocycles. The smallest absolute Gasteiger partial charge is 0.265 e. The second-order valence-corrected chi connectivity index (χ2v) is 8.27. The number of thiazole rings is 1. The summed E-state index contributed by atoms with van der Waals surface area (Å²) in [5.74, 6) is 0.844. The fourth-order valence-corrected chi connectivity index (χ4v) is 4.57. The third-order valence-electron chi connectivity index (χ3n) is 4.76. The molecular weight excluding hydrogens is 330 g/mol. The predicted molar refractivity (Wildman–Crippen MR) is 103 cm³/mol. The van der Waals surface area contributed by atoms with Crippen molar-refractivity contribution in [3.05, 3.63) is 51.5 Å². The van der Waals surface area contributed by atoms with Gasteiger partial charge in [-0.15, -0.1) is 11.3 Å². The summed E-state index contributed by atoms with van der Waals surface area (Å²) in [6.45, 7) is 4.45. The highest BCUT2D eigenvalue weighted by molar-refractivity contribution is 7.13. The van der Waals surface area contributed by atoms with Gasteiger partial charge in [-0.25, -0.2) is 4.98 Å². The molecule has 0 radical (unpaired) electrons. The summed E-state index contributed by atoms with van der Waals surface area (Å²) in [6.07, 6.45) is 3.29. The average molecular weight is 358 g/mol. The Hall–Kier alpha value is -1.72. The van der Waals surface area contributed by atoms with Gasteiger partial charge in [-0.2, -0.15) is 0 Å². The van der Waals surface area contributed by atoms with E-state index < -0.39 is 0 Å². The molecule has 1 fully saturated rings. The van der Waals surface area contributed by atoms with Gasteiger partial charge in [0.2, 0.25) is 0 Å². The molecule has 1 amide bonds. The Labute approximate surface area is 154 Å².